The first kappa shape index (κ1) is 18.0. The summed E-state index contributed by atoms with van der Waals surface area (Å²) in [5, 5.41) is 13.6. The first-order chi connectivity index (χ1) is 11.9. The molecule has 0 spiro atoms. The zero-order valence-corrected chi connectivity index (χ0v) is 13.8. The molecule has 1 atom stereocenters. The Morgan fingerprint density at radius 2 is 1.48 bits per heavy atom. The molecule has 0 fully saturated rings. The van der Waals surface area contributed by atoms with Gasteiger partial charge in [0, 0.05) is 7.05 Å². The third-order valence-electron chi connectivity index (χ3n) is 3.44. The Kier molecular flexibility index (Phi) is 5.73. The third kappa shape index (κ3) is 4.81. The number of benzene rings is 2. The second-order valence-corrected chi connectivity index (χ2v) is 5.24. The van der Waals surface area contributed by atoms with Crippen LogP contribution < -0.4 is 10.6 Å². The normalized spacial score (nSPS) is 11.3. The van der Waals surface area contributed by atoms with Crippen molar-refractivity contribution in [3.63, 3.8) is 0 Å². The third-order valence-corrected chi connectivity index (χ3v) is 3.44. The predicted molar refractivity (Wildman–Crippen MR) is 91.0 cm³/mol. The molecule has 0 bridgehead atoms. The van der Waals surface area contributed by atoms with Crippen LogP contribution in [0.25, 0.3) is 11.1 Å². The highest BCUT2D eigenvalue weighted by Gasteiger charge is 2.20. The largest absolute Gasteiger partial charge is 0.508 e. The van der Waals surface area contributed by atoms with Crippen LogP contribution in [-0.2, 0) is 9.53 Å². The van der Waals surface area contributed by atoms with Gasteiger partial charge in [-0.05, 0) is 42.3 Å². The van der Waals surface area contributed by atoms with E-state index in [9.17, 15) is 19.5 Å². The molecule has 2 aromatic rings. The molecule has 0 aliphatic heterocycles. The van der Waals surface area contributed by atoms with Gasteiger partial charge in [0.2, 0.25) is 0 Å². The van der Waals surface area contributed by atoms with Crippen LogP contribution in [0, 0.1) is 0 Å². The van der Waals surface area contributed by atoms with Gasteiger partial charge in [0.15, 0.2) is 6.10 Å². The molecule has 2 aromatic carbocycles. The van der Waals surface area contributed by atoms with E-state index in [-0.39, 0.29) is 11.3 Å². The zero-order chi connectivity index (χ0) is 18.4. The lowest BCUT2D eigenvalue weighted by Crippen LogP contribution is -2.43. The quantitative estimate of drug-likeness (QED) is 0.738. The van der Waals surface area contributed by atoms with Crippen molar-refractivity contribution in [1.29, 1.82) is 0 Å². The molecule has 0 unspecified atom stereocenters. The fourth-order valence-electron chi connectivity index (χ4n) is 2.01. The predicted octanol–water partition coefficient (Wildman–Crippen LogP) is 2.06. The lowest BCUT2D eigenvalue weighted by molar-refractivity contribution is -0.127. The molecule has 2 rings (SSSR count). The van der Waals surface area contributed by atoms with E-state index in [0.29, 0.717) is 0 Å². The molecular weight excluding hydrogens is 324 g/mol. The Labute approximate surface area is 144 Å². The first-order valence-corrected chi connectivity index (χ1v) is 7.53. The maximum Gasteiger partial charge on any atom is 0.338 e. The molecular formula is C18H18N2O5. The van der Waals surface area contributed by atoms with Crippen LogP contribution >= 0.6 is 0 Å². The monoisotopic (exact) mass is 342 g/mol. The van der Waals surface area contributed by atoms with Crippen LogP contribution in [0.5, 0.6) is 5.75 Å². The number of hydrogen-bond donors (Lipinski definition) is 3. The summed E-state index contributed by atoms with van der Waals surface area (Å²) in [6, 6.07) is 12.6. The summed E-state index contributed by atoms with van der Waals surface area (Å²) in [7, 11) is 1.37. The number of nitrogens with one attached hydrogen (secondary N) is 2. The number of aromatic hydroxyl groups is 1. The van der Waals surface area contributed by atoms with Gasteiger partial charge >= 0.3 is 12.0 Å². The SMILES string of the molecule is CNC(=O)NC(=O)[C@H](C)OC(=O)c1ccc(-c2ccc(O)cc2)cc1. The summed E-state index contributed by atoms with van der Waals surface area (Å²) in [6.07, 6.45) is -1.11. The maximum absolute atomic E-state index is 12.1. The minimum atomic E-state index is -1.11. The number of carbonyl (C=O) groups is 3. The highest BCUT2D eigenvalue weighted by Crippen LogP contribution is 2.22. The molecule has 0 saturated heterocycles. The number of esters is 1. The van der Waals surface area contributed by atoms with Gasteiger partial charge in [-0.2, -0.15) is 0 Å². The fourth-order valence-corrected chi connectivity index (χ4v) is 2.01. The van der Waals surface area contributed by atoms with Gasteiger partial charge < -0.3 is 15.2 Å². The van der Waals surface area contributed by atoms with Gasteiger partial charge in [0.05, 0.1) is 5.56 Å². The van der Waals surface area contributed by atoms with Crippen molar-refractivity contribution in [2.45, 2.75) is 13.0 Å². The Balaban J connectivity index is 2.01. The number of hydrogen-bond acceptors (Lipinski definition) is 5. The number of ether oxygens (including phenoxy) is 1. The van der Waals surface area contributed by atoms with Crippen molar-refractivity contribution in [2.75, 3.05) is 7.05 Å². The number of imide groups is 1. The molecule has 3 N–H and O–H groups in total. The maximum atomic E-state index is 12.1. The Bertz CT molecular complexity index is 769. The van der Waals surface area contributed by atoms with E-state index < -0.39 is 24.0 Å². The van der Waals surface area contributed by atoms with E-state index in [2.05, 4.69) is 5.32 Å². The number of phenolic OH excluding ortho intramolecular Hbond substituents is 1. The Morgan fingerprint density at radius 3 is 2.00 bits per heavy atom. The number of phenols is 1. The first-order valence-electron chi connectivity index (χ1n) is 7.53. The molecule has 0 aliphatic carbocycles. The summed E-state index contributed by atoms with van der Waals surface area (Å²) in [5.74, 6) is -1.21. The van der Waals surface area contributed by atoms with Gasteiger partial charge in [-0.25, -0.2) is 9.59 Å². The van der Waals surface area contributed by atoms with Crippen LogP contribution in [0.4, 0.5) is 4.79 Å². The number of carbonyl (C=O) groups excluding carboxylic acids is 3. The Morgan fingerprint density at radius 1 is 0.960 bits per heavy atom. The average molecular weight is 342 g/mol. The minimum Gasteiger partial charge on any atom is -0.508 e. The van der Waals surface area contributed by atoms with Crippen molar-refractivity contribution in [3.05, 3.63) is 54.1 Å². The van der Waals surface area contributed by atoms with E-state index in [1.165, 1.54) is 14.0 Å². The van der Waals surface area contributed by atoms with Crippen LogP contribution in [0.3, 0.4) is 0 Å². The van der Waals surface area contributed by atoms with Crippen molar-refractivity contribution >= 4 is 17.9 Å². The van der Waals surface area contributed by atoms with Gasteiger partial charge in [0.1, 0.15) is 5.75 Å². The van der Waals surface area contributed by atoms with E-state index in [1.54, 1.807) is 48.5 Å². The summed E-state index contributed by atoms with van der Waals surface area (Å²) in [5.41, 5.74) is 2.03. The molecule has 7 heteroatoms. The number of amides is 3. The van der Waals surface area contributed by atoms with Gasteiger partial charge in [-0.1, -0.05) is 24.3 Å². The fraction of sp³-hybridized carbons (Fsp3) is 0.167. The lowest BCUT2D eigenvalue weighted by Gasteiger charge is -2.13. The van der Waals surface area contributed by atoms with Crippen LogP contribution in [0.15, 0.2) is 48.5 Å². The van der Waals surface area contributed by atoms with Crippen LogP contribution in [0.1, 0.15) is 17.3 Å². The number of rotatable bonds is 4. The molecule has 0 radical (unpaired) electrons. The standard InChI is InChI=1S/C18H18N2O5/c1-11(16(22)20-18(24)19-2)25-17(23)14-5-3-12(4-6-14)13-7-9-15(21)10-8-13/h3-11,21H,1-2H3,(H2,19,20,22,24)/t11-/m0/s1. The highest BCUT2D eigenvalue weighted by atomic mass is 16.5. The number of urea groups is 1. The summed E-state index contributed by atoms with van der Waals surface area (Å²) in [6.45, 7) is 1.38. The van der Waals surface area contributed by atoms with Crippen molar-refractivity contribution in [3.8, 4) is 16.9 Å². The highest BCUT2D eigenvalue weighted by molar-refractivity contribution is 5.98. The molecule has 25 heavy (non-hydrogen) atoms. The van der Waals surface area contributed by atoms with Crippen molar-refractivity contribution < 1.29 is 24.2 Å². The van der Waals surface area contributed by atoms with Crippen molar-refractivity contribution in [1.82, 2.24) is 10.6 Å². The van der Waals surface area contributed by atoms with Crippen LogP contribution in [-0.4, -0.2) is 36.2 Å². The molecule has 0 heterocycles. The average Bonchev–Trinajstić information content (AvgIpc) is 2.62. The molecule has 3 amide bonds. The van der Waals surface area contributed by atoms with E-state index in [1.807, 2.05) is 5.32 Å². The molecule has 0 aromatic heterocycles. The lowest BCUT2D eigenvalue weighted by atomic mass is 10.0. The minimum absolute atomic E-state index is 0.174. The topological polar surface area (TPSA) is 105 Å². The van der Waals surface area contributed by atoms with Gasteiger partial charge in [0.25, 0.3) is 5.91 Å². The summed E-state index contributed by atoms with van der Waals surface area (Å²) in [4.78, 5) is 34.8. The molecule has 0 aliphatic rings. The molecule has 130 valence electrons. The second-order valence-electron chi connectivity index (χ2n) is 5.24. The second kappa shape index (κ2) is 7.96. The molecule has 7 nitrogen and oxygen atoms in total. The summed E-state index contributed by atoms with van der Waals surface area (Å²) >= 11 is 0. The van der Waals surface area contributed by atoms with Gasteiger partial charge in [-0.3, -0.25) is 10.1 Å². The van der Waals surface area contributed by atoms with E-state index in [4.69, 9.17) is 4.74 Å². The summed E-state index contributed by atoms with van der Waals surface area (Å²) < 4.78 is 5.04. The van der Waals surface area contributed by atoms with Crippen molar-refractivity contribution in [2.24, 2.45) is 0 Å². The molecule has 0 saturated carbocycles. The van der Waals surface area contributed by atoms with Gasteiger partial charge in [-0.15, -0.1) is 0 Å². The van der Waals surface area contributed by atoms with E-state index in [0.717, 1.165) is 11.1 Å². The zero-order valence-electron chi connectivity index (χ0n) is 13.8. The van der Waals surface area contributed by atoms with E-state index >= 15 is 0 Å². The smallest absolute Gasteiger partial charge is 0.338 e. The Hall–Kier alpha value is -3.35. The van der Waals surface area contributed by atoms with Crippen LogP contribution in [0.2, 0.25) is 0 Å².